The number of rotatable bonds is 12. The van der Waals surface area contributed by atoms with Gasteiger partial charge in [-0.3, -0.25) is 23.9 Å². The number of esters is 4. The van der Waals surface area contributed by atoms with Crippen LogP contribution in [0.4, 0.5) is 0 Å². The average Bonchev–Trinajstić information content (AvgIpc) is 3.20. The van der Waals surface area contributed by atoms with Crippen LogP contribution in [0.5, 0.6) is 0 Å². The number of allylic oxidation sites excluding steroid dienone is 2. The fourth-order valence-electron chi connectivity index (χ4n) is 7.17. The Hall–Kier alpha value is -2.98. The SMILES string of the molecule is C=CC(=C)CC[C@]1(C)[C@H]2C[C@H](OC(=O)CC(C)C)C=C3[C@H](OC(=O)CCC)O[C@H](OC(C)=O)[C@@]32[C@H](O)[C@H](OC(C)=O)[C@@H]1C. The molecule has 0 aromatic rings. The van der Waals surface area contributed by atoms with Crippen LogP contribution in [-0.4, -0.2) is 59.9 Å². The highest BCUT2D eigenvalue weighted by Gasteiger charge is 2.74. The summed E-state index contributed by atoms with van der Waals surface area (Å²) in [6.07, 6.45) is -0.362. The molecule has 1 spiro atoms. The summed E-state index contributed by atoms with van der Waals surface area (Å²) in [4.78, 5) is 50.4. The molecule has 10 heteroatoms. The van der Waals surface area contributed by atoms with Crippen LogP contribution in [0.3, 0.4) is 0 Å². The van der Waals surface area contributed by atoms with Gasteiger partial charge in [-0.25, -0.2) is 0 Å². The van der Waals surface area contributed by atoms with Gasteiger partial charge in [-0.05, 0) is 49.0 Å². The molecule has 3 rings (SSSR count). The molecular formula is C33H48O10. The molecule has 1 saturated heterocycles. The van der Waals surface area contributed by atoms with Crippen molar-refractivity contribution in [1.29, 1.82) is 0 Å². The van der Waals surface area contributed by atoms with E-state index in [2.05, 4.69) is 13.2 Å². The zero-order chi connectivity index (χ0) is 32.3. The van der Waals surface area contributed by atoms with Gasteiger partial charge in [0.15, 0.2) is 0 Å². The lowest BCUT2D eigenvalue weighted by atomic mass is 9.44. The first-order chi connectivity index (χ1) is 20.1. The molecule has 0 bridgehead atoms. The summed E-state index contributed by atoms with van der Waals surface area (Å²) >= 11 is 0. The summed E-state index contributed by atoms with van der Waals surface area (Å²) in [6.45, 7) is 20.0. The molecule has 0 aromatic carbocycles. The van der Waals surface area contributed by atoms with E-state index in [4.69, 9.17) is 23.7 Å². The summed E-state index contributed by atoms with van der Waals surface area (Å²) in [6, 6.07) is 0. The Morgan fingerprint density at radius 1 is 1.09 bits per heavy atom. The summed E-state index contributed by atoms with van der Waals surface area (Å²) in [7, 11) is 0. The Morgan fingerprint density at radius 3 is 2.30 bits per heavy atom. The molecule has 0 amide bonds. The average molecular weight is 605 g/mol. The fraction of sp³-hybridized carbons (Fsp3) is 0.697. The largest absolute Gasteiger partial charge is 0.459 e. The van der Waals surface area contributed by atoms with Crippen molar-refractivity contribution in [3.63, 3.8) is 0 Å². The minimum absolute atomic E-state index is 0.0740. The highest BCUT2D eigenvalue weighted by Crippen LogP contribution is 2.67. The topological polar surface area (TPSA) is 135 Å². The van der Waals surface area contributed by atoms with Crippen LogP contribution in [0.15, 0.2) is 36.5 Å². The van der Waals surface area contributed by atoms with Crippen molar-refractivity contribution in [2.45, 2.75) is 118 Å². The molecule has 0 aromatic heterocycles. The van der Waals surface area contributed by atoms with Crippen molar-refractivity contribution in [1.82, 2.24) is 0 Å². The van der Waals surface area contributed by atoms with Crippen molar-refractivity contribution in [2.24, 2.45) is 28.6 Å². The van der Waals surface area contributed by atoms with Crippen LogP contribution in [0.1, 0.15) is 87.0 Å². The van der Waals surface area contributed by atoms with E-state index >= 15 is 0 Å². The Morgan fingerprint density at radius 2 is 1.74 bits per heavy atom. The second kappa shape index (κ2) is 13.8. The minimum Gasteiger partial charge on any atom is -0.459 e. The maximum Gasteiger partial charge on any atom is 0.308 e. The second-order valence-corrected chi connectivity index (χ2v) is 12.8. The summed E-state index contributed by atoms with van der Waals surface area (Å²) in [5.74, 6) is -3.04. The number of hydrogen-bond donors (Lipinski definition) is 1. The molecule has 3 aliphatic rings. The van der Waals surface area contributed by atoms with Gasteiger partial charge in [0.1, 0.15) is 18.3 Å². The maximum atomic E-state index is 12.9. The van der Waals surface area contributed by atoms with Crippen LogP contribution < -0.4 is 0 Å². The Balaban J connectivity index is 2.29. The molecule has 0 radical (unpaired) electrons. The van der Waals surface area contributed by atoms with Crippen LogP contribution in [0.25, 0.3) is 0 Å². The Labute approximate surface area is 254 Å². The molecule has 2 aliphatic carbocycles. The third kappa shape index (κ3) is 6.90. The van der Waals surface area contributed by atoms with Gasteiger partial charge in [0, 0.05) is 38.2 Å². The van der Waals surface area contributed by atoms with Crippen molar-refractivity contribution in [2.75, 3.05) is 0 Å². The molecule has 0 unspecified atom stereocenters. The van der Waals surface area contributed by atoms with Crippen molar-refractivity contribution >= 4 is 23.9 Å². The molecule has 1 saturated carbocycles. The van der Waals surface area contributed by atoms with Gasteiger partial charge in [0.2, 0.25) is 12.6 Å². The quantitative estimate of drug-likeness (QED) is 0.141. The van der Waals surface area contributed by atoms with E-state index in [0.717, 1.165) is 5.57 Å². The number of hydrogen-bond acceptors (Lipinski definition) is 10. The van der Waals surface area contributed by atoms with Crippen LogP contribution in [-0.2, 0) is 42.9 Å². The normalized spacial score (nSPS) is 34.7. The summed E-state index contributed by atoms with van der Waals surface area (Å²) in [5, 5.41) is 12.3. The number of ether oxygens (including phenoxy) is 5. The smallest absolute Gasteiger partial charge is 0.308 e. The number of aliphatic hydroxyl groups is 1. The fourth-order valence-corrected chi connectivity index (χ4v) is 7.17. The Kier molecular flexibility index (Phi) is 11.0. The van der Waals surface area contributed by atoms with Gasteiger partial charge >= 0.3 is 23.9 Å². The first kappa shape index (κ1) is 34.5. The second-order valence-electron chi connectivity index (χ2n) is 12.8. The number of carbonyl (C=O) groups is 4. The van der Waals surface area contributed by atoms with Crippen LogP contribution >= 0.6 is 0 Å². The van der Waals surface area contributed by atoms with Crippen molar-refractivity contribution in [3.8, 4) is 0 Å². The van der Waals surface area contributed by atoms with E-state index in [1.165, 1.54) is 13.8 Å². The molecule has 43 heavy (non-hydrogen) atoms. The van der Waals surface area contributed by atoms with Gasteiger partial charge in [0.25, 0.3) is 0 Å². The molecule has 1 N–H and O–H groups in total. The van der Waals surface area contributed by atoms with E-state index in [1.807, 2.05) is 34.6 Å². The lowest BCUT2D eigenvalue weighted by Gasteiger charge is -2.62. The predicted molar refractivity (Wildman–Crippen MR) is 157 cm³/mol. The lowest BCUT2D eigenvalue weighted by molar-refractivity contribution is -0.276. The van der Waals surface area contributed by atoms with Gasteiger partial charge < -0.3 is 24.1 Å². The van der Waals surface area contributed by atoms with E-state index in [1.54, 1.807) is 12.2 Å². The highest BCUT2D eigenvalue weighted by molar-refractivity contribution is 5.71. The van der Waals surface area contributed by atoms with E-state index < -0.39 is 71.5 Å². The van der Waals surface area contributed by atoms with Gasteiger partial charge in [-0.1, -0.05) is 59.4 Å². The summed E-state index contributed by atoms with van der Waals surface area (Å²) in [5.41, 5.74) is -1.07. The maximum absolute atomic E-state index is 12.9. The zero-order valence-corrected chi connectivity index (χ0v) is 26.6. The molecular weight excluding hydrogens is 556 g/mol. The first-order valence-corrected chi connectivity index (χ1v) is 15.2. The van der Waals surface area contributed by atoms with E-state index in [0.29, 0.717) is 24.8 Å². The standard InChI is InChI=1S/C33H48O10/c1-10-12-26(36)42-30-24-16-23(41-27(37)15-18(3)4)17-25-32(9,14-13-19(5)11-2)20(6)28(39-21(7)34)29(38)33(24,25)31(43-30)40-22(8)35/h11,16,18,20,23,25,28-31,38H,2,5,10,12-15,17H2,1,3-4,6-9H3/t20-,23+,25+,28+,29+,30+,31-,32-,33-/m0/s1. The molecule has 1 aliphatic heterocycles. The third-order valence-electron chi connectivity index (χ3n) is 9.33. The minimum atomic E-state index is -1.49. The summed E-state index contributed by atoms with van der Waals surface area (Å²) < 4.78 is 29.4. The molecule has 2 fully saturated rings. The molecule has 240 valence electrons. The van der Waals surface area contributed by atoms with Gasteiger partial charge in [-0.15, -0.1) is 0 Å². The van der Waals surface area contributed by atoms with Crippen molar-refractivity contribution < 1.29 is 48.0 Å². The number of carbonyl (C=O) groups excluding carboxylic acids is 4. The monoisotopic (exact) mass is 604 g/mol. The van der Waals surface area contributed by atoms with Gasteiger partial charge in [0.05, 0.1) is 5.41 Å². The number of aliphatic hydroxyl groups excluding tert-OH is 1. The molecule has 9 atom stereocenters. The van der Waals surface area contributed by atoms with E-state index in [9.17, 15) is 24.3 Å². The predicted octanol–water partition coefficient (Wildman–Crippen LogP) is 4.94. The first-order valence-electron chi connectivity index (χ1n) is 15.2. The Bertz CT molecular complexity index is 1140. The lowest BCUT2D eigenvalue weighted by Crippen LogP contribution is -2.68. The van der Waals surface area contributed by atoms with E-state index in [-0.39, 0.29) is 31.1 Å². The molecule has 10 nitrogen and oxygen atoms in total. The third-order valence-corrected chi connectivity index (χ3v) is 9.33. The van der Waals surface area contributed by atoms with Gasteiger partial charge in [-0.2, -0.15) is 0 Å². The van der Waals surface area contributed by atoms with Crippen LogP contribution in [0, 0.1) is 28.6 Å². The van der Waals surface area contributed by atoms with Crippen molar-refractivity contribution in [3.05, 3.63) is 36.5 Å². The molecule has 1 heterocycles. The highest BCUT2D eigenvalue weighted by atomic mass is 16.8. The zero-order valence-electron chi connectivity index (χ0n) is 26.6. The van der Waals surface area contributed by atoms with Crippen LogP contribution in [0.2, 0.25) is 0 Å².